The number of nitrogens with zero attached hydrogens (tertiary/aromatic N) is 5. The number of anilines is 4. The van der Waals surface area contributed by atoms with Crippen LogP contribution in [-0.4, -0.2) is 66.3 Å². The molecule has 0 aliphatic carbocycles. The van der Waals surface area contributed by atoms with E-state index in [1.165, 1.54) is 11.3 Å². The molecule has 1 saturated heterocycles. The van der Waals surface area contributed by atoms with E-state index in [9.17, 15) is 9.90 Å². The molecule has 1 aliphatic heterocycles. The molecule has 4 N–H and O–H groups in total. The number of aliphatic hydroxyl groups is 1. The van der Waals surface area contributed by atoms with Crippen LogP contribution in [0.5, 0.6) is 0 Å². The van der Waals surface area contributed by atoms with Gasteiger partial charge in [0, 0.05) is 57.2 Å². The Morgan fingerprint density at radius 3 is 2.53 bits per heavy atom. The Balaban J connectivity index is 1.43. The second-order valence-corrected chi connectivity index (χ2v) is 8.21. The standard InChI is InChI=1S/C20H25N7O2S/c1-25(2)15-5-3-14(4-6-15)22-20(29)27-9-7-26(8-10-27)17-16-13(11-28)12-30-18(16)24-19(21)23-17/h3-6,12,28H,7-11H2,1-2H3,(H,22,29)(H2,21,23,24). The maximum Gasteiger partial charge on any atom is 0.321 e. The number of piperazine rings is 1. The van der Waals surface area contributed by atoms with Gasteiger partial charge in [-0.3, -0.25) is 0 Å². The summed E-state index contributed by atoms with van der Waals surface area (Å²) in [6.07, 6.45) is 0. The third-order valence-corrected chi connectivity index (χ3v) is 6.10. The van der Waals surface area contributed by atoms with Gasteiger partial charge in [-0.05, 0) is 29.6 Å². The molecular weight excluding hydrogens is 402 g/mol. The summed E-state index contributed by atoms with van der Waals surface area (Å²) in [6, 6.07) is 7.62. The normalized spacial score (nSPS) is 14.2. The highest BCUT2D eigenvalue weighted by Gasteiger charge is 2.25. The molecule has 0 saturated carbocycles. The van der Waals surface area contributed by atoms with E-state index in [1.54, 1.807) is 4.90 Å². The first kappa shape index (κ1) is 20.2. The summed E-state index contributed by atoms with van der Waals surface area (Å²) < 4.78 is 0. The van der Waals surface area contributed by atoms with E-state index < -0.39 is 0 Å². The molecule has 1 aliphatic rings. The minimum absolute atomic E-state index is 0.0741. The van der Waals surface area contributed by atoms with Gasteiger partial charge in [-0.15, -0.1) is 11.3 Å². The molecule has 9 nitrogen and oxygen atoms in total. The number of urea groups is 1. The molecule has 3 aromatic rings. The van der Waals surface area contributed by atoms with Crippen LogP contribution in [0, 0.1) is 0 Å². The molecule has 10 heteroatoms. The number of nitrogens with one attached hydrogen (secondary N) is 1. The summed E-state index contributed by atoms with van der Waals surface area (Å²) in [4.78, 5) is 28.0. The van der Waals surface area contributed by atoms with Crippen LogP contribution >= 0.6 is 11.3 Å². The lowest BCUT2D eigenvalue weighted by atomic mass is 10.2. The van der Waals surface area contributed by atoms with E-state index in [2.05, 4.69) is 20.2 Å². The minimum Gasteiger partial charge on any atom is -0.392 e. The molecule has 30 heavy (non-hydrogen) atoms. The molecule has 158 valence electrons. The van der Waals surface area contributed by atoms with Crippen LogP contribution in [0.1, 0.15) is 5.56 Å². The lowest BCUT2D eigenvalue weighted by molar-refractivity contribution is 0.208. The summed E-state index contributed by atoms with van der Waals surface area (Å²) in [7, 11) is 3.96. The number of benzene rings is 1. The molecule has 2 aromatic heterocycles. The van der Waals surface area contributed by atoms with Crippen LogP contribution in [0.4, 0.5) is 27.9 Å². The first-order valence-corrected chi connectivity index (χ1v) is 10.6. The van der Waals surface area contributed by atoms with Crippen LogP contribution in [0.3, 0.4) is 0 Å². The third kappa shape index (κ3) is 3.96. The number of thiophene rings is 1. The highest BCUT2D eigenvalue weighted by Crippen LogP contribution is 2.33. The highest BCUT2D eigenvalue weighted by molar-refractivity contribution is 7.17. The Hall–Kier alpha value is -3.11. The number of aromatic nitrogens is 2. The SMILES string of the molecule is CN(C)c1ccc(NC(=O)N2CCN(c3nc(N)nc4scc(CO)c34)CC2)cc1. The fourth-order valence-corrected chi connectivity index (χ4v) is 4.44. The van der Waals surface area contributed by atoms with Gasteiger partial charge in [0.2, 0.25) is 5.95 Å². The van der Waals surface area contributed by atoms with Crippen LogP contribution in [0.25, 0.3) is 10.2 Å². The van der Waals surface area contributed by atoms with Crippen molar-refractivity contribution in [1.29, 1.82) is 0 Å². The topological polar surface area (TPSA) is 111 Å². The van der Waals surface area contributed by atoms with Crippen molar-refractivity contribution in [3.05, 3.63) is 35.2 Å². The zero-order valence-corrected chi connectivity index (χ0v) is 17.8. The molecule has 0 spiro atoms. The van der Waals surface area contributed by atoms with Gasteiger partial charge in [0.15, 0.2) is 0 Å². The van der Waals surface area contributed by atoms with Gasteiger partial charge in [-0.2, -0.15) is 4.98 Å². The van der Waals surface area contributed by atoms with E-state index in [0.717, 1.165) is 33.0 Å². The highest BCUT2D eigenvalue weighted by atomic mass is 32.1. The van der Waals surface area contributed by atoms with Crippen molar-refractivity contribution >= 4 is 50.7 Å². The second-order valence-electron chi connectivity index (χ2n) is 7.35. The maximum absolute atomic E-state index is 12.7. The largest absolute Gasteiger partial charge is 0.392 e. The van der Waals surface area contributed by atoms with Crippen molar-refractivity contribution in [3.8, 4) is 0 Å². The summed E-state index contributed by atoms with van der Waals surface area (Å²) >= 11 is 1.44. The van der Waals surface area contributed by atoms with E-state index in [1.807, 2.05) is 48.6 Å². The number of hydrogen-bond acceptors (Lipinski definition) is 8. The van der Waals surface area contributed by atoms with Gasteiger partial charge in [-0.25, -0.2) is 9.78 Å². The number of nitrogens with two attached hydrogens (primary N) is 1. The smallest absolute Gasteiger partial charge is 0.321 e. The molecule has 2 amide bonds. The number of carbonyl (C=O) groups excluding carboxylic acids is 1. The quantitative estimate of drug-likeness (QED) is 0.585. The average molecular weight is 428 g/mol. The number of nitrogen functional groups attached to an aromatic ring is 1. The minimum atomic E-state index is -0.119. The Kier molecular flexibility index (Phi) is 5.60. The van der Waals surface area contributed by atoms with Crippen molar-refractivity contribution < 1.29 is 9.90 Å². The summed E-state index contributed by atoms with van der Waals surface area (Å²) in [5.74, 6) is 0.937. The van der Waals surface area contributed by atoms with Gasteiger partial charge < -0.3 is 30.9 Å². The summed E-state index contributed by atoms with van der Waals surface area (Å²) in [5.41, 5.74) is 8.53. The first-order chi connectivity index (χ1) is 14.5. The number of fused-ring (bicyclic) bond motifs is 1. The molecule has 0 bridgehead atoms. The fourth-order valence-electron chi connectivity index (χ4n) is 3.51. The average Bonchev–Trinajstić information content (AvgIpc) is 3.16. The Bertz CT molecular complexity index is 1040. The second kappa shape index (κ2) is 8.33. The third-order valence-electron chi connectivity index (χ3n) is 5.18. The van der Waals surface area contributed by atoms with Crippen molar-refractivity contribution in [1.82, 2.24) is 14.9 Å². The number of carbonyl (C=O) groups is 1. The summed E-state index contributed by atoms with van der Waals surface area (Å²) in [5, 5.41) is 15.3. The van der Waals surface area contributed by atoms with E-state index in [-0.39, 0.29) is 18.6 Å². The van der Waals surface area contributed by atoms with Gasteiger partial charge in [-0.1, -0.05) is 0 Å². The monoisotopic (exact) mass is 427 g/mol. The number of rotatable bonds is 4. The lowest BCUT2D eigenvalue weighted by Gasteiger charge is -2.35. The zero-order valence-electron chi connectivity index (χ0n) is 17.0. The molecule has 0 unspecified atom stereocenters. The molecule has 1 aromatic carbocycles. The van der Waals surface area contributed by atoms with Crippen LogP contribution < -0.4 is 20.9 Å². The van der Waals surface area contributed by atoms with Crippen LogP contribution in [0.15, 0.2) is 29.6 Å². The van der Waals surface area contributed by atoms with Gasteiger partial charge in [0.05, 0.1) is 12.0 Å². The van der Waals surface area contributed by atoms with Gasteiger partial charge >= 0.3 is 6.03 Å². The molecule has 0 radical (unpaired) electrons. The van der Waals surface area contributed by atoms with Gasteiger partial charge in [0.1, 0.15) is 10.6 Å². The molecule has 3 heterocycles. The Morgan fingerprint density at radius 2 is 1.90 bits per heavy atom. The van der Waals surface area contributed by atoms with Crippen molar-refractivity contribution in [2.45, 2.75) is 6.61 Å². The Labute approximate surface area is 178 Å². The first-order valence-electron chi connectivity index (χ1n) is 9.69. The molecule has 1 fully saturated rings. The maximum atomic E-state index is 12.7. The summed E-state index contributed by atoms with van der Waals surface area (Å²) in [6.45, 7) is 2.30. The number of aliphatic hydroxyl groups excluding tert-OH is 1. The predicted octanol–water partition coefficient (Wildman–Crippen LogP) is 2.19. The predicted molar refractivity (Wildman–Crippen MR) is 121 cm³/mol. The molecular formula is C20H25N7O2S. The zero-order chi connectivity index (χ0) is 21.3. The van der Waals surface area contributed by atoms with E-state index in [4.69, 9.17) is 5.73 Å². The molecule has 0 atom stereocenters. The van der Waals surface area contributed by atoms with Crippen molar-refractivity contribution in [2.24, 2.45) is 0 Å². The lowest BCUT2D eigenvalue weighted by Crippen LogP contribution is -2.50. The van der Waals surface area contributed by atoms with Crippen LogP contribution in [-0.2, 0) is 6.61 Å². The van der Waals surface area contributed by atoms with E-state index >= 15 is 0 Å². The van der Waals surface area contributed by atoms with Crippen LogP contribution in [0.2, 0.25) is 0 Å². The fraction of sp³-hybridized carbons (Fsp3) is 0.350. The van der Waals surface area contributed by atoms with Crippen molar-refractivity contribution in [3.63, 3.8) is 0 Å². The molecule has 4 rings (SSSR count). The Morgan fingerprint density at radius 1 is 1.20 bits per heavy atom. The van der Waals surface area contributed by atoms with Gasteiger partial charge in [0.25, 0.3) is 0 Å². The number of amides is 2. The van der Waals surface area contributed by atoms with E-state index in [0.29, 0.717) is 26.2 Å². The number of hydrogen-bond donors (Lipinski definition) is 3. The van der Waals surface area contributed by atoms with Crippen molar-refractivity contribution in [2.75, 3.05) is 61.1 Å².